The van der Waals surface area contributed by atoms with E-state index in [4.69, 9.17) is 9.84 Å². The summed E-state index contributed by atoms with van der Waals surface area (Å²) in [7, 11) is 0. The average Bonchev–Trinajstić information content (AvgIpc) is 2.55. The monoisotopic (exact) mass is 331 g/mol. The van der Waals surface area contributed by atoms with Crippen LogP contribution in [0.15, 0.2) is 47.6 Å². The molecule has 0 aliphatic carbocycles. The Bertz CT molecular complexity index is 773. The highest BCUT2D eigenvalue weighted by Gasteiger charge is 2.06. The molecule has 3 N–H and O–H groups in total. The summed E-state index contributed by atoms with van der Waals surface area (Å²) in [5.74, 6) is -0.529. The van der Waals surface area contributed by atoms with E-state index in [9.17, 15) is 20.0 Å². The second-order valence-corrected chi connectivity index (χ2v) is 4.58. The van der Waals surface area contributed by atoms with Crippen molar-refractivity contribution in [2.24, 2.45) is 5.10 Å². The Morgan fingerprint density at radius 2 is 1.96 bits per heavy atom. The summed E-state index contributed by atoms with van der Waals surface area (Å²) in [4.78, 5) is 21.5. The van der Waals surface area contributed by atoms with Gasteiger partial charge < -0.3 is 14.9 Å². The van der Waals surface area contributed by atoms with Crippen molar-refractivity contribution in [1.82, 2.24) is 5.43 Å². The molecule has 0 spiro atoms. The van der Waals surface area contributed by atoms with E-state index in [1.54, 1.807) is 0 Å². The molecule has 124 valence electrons. The van der Waals surface area contributed by atoms with Crippen LogP contribution in [-0.4, -0.2) is 33.9 Å². The number of ether oxygens (including phenoxy) is 1. The zero-order valence-corrected chi connectivity index (χ0v) is 12.2. The molecular weight excluding hydrogens is 318 g/mol. The molecule has 0 fully saturated rings. The van der Waals surface area contributed by atoms with E-state index in [1.807, 2.05) is 0 Å². The van der Waals surface area contributed by atoms with Crippen molar-refractivity contribution in [2.45, 2.75) is 0 Å². The summed E-state index contributed by atoms with van der Waals surface area (Å²) in [6.07, 6.45) is 1.21. The number of amides is 1. The van der Waals surface area contributed by atoms with Crippen molar-refractivity contribution >= 4 is 17.8 Å². The van der Waals surface area contributed by atoms with E-state index in [-0.39, 0.29) is 23.8 Å². The van der Waals surface area contributed by atoms with Gasteiger partial charge in [-0.3, -0.25) is 14.9 Å². The third-order valence-electron chi connectivity index (χ3n) is 2.82. The van der Waals surface area contributed by atoms with Gasteiger partial charge in [-0.15, -0.1) is 0 Å². The van der Waals surface area contributed by atoms with Gasteiger partial charge in [-0.1, -0.05) is 0 Å². The van der Waals surface area contributed by atoms with Gasteiger partial charge in [0.05, 0.1) is 11.1 Å². The lowest BCUT2D eigenvalue weighted by atomic mass is 10.2. The zero-order chi connectivity index (χ0) is 17.5. The third kappa shape index (κ3) is 4.70. The fraction of sp³-hybridized carbons (Fsp3) is 0.0667. The number of benzene rings is 2. The van der Waals surface area contributed by atoms with Gasteiger partial charge in [-0.2, -0.15) is 5.10 Å². The number of hydrogen-bond acceptors (Lipinski definition) is 7. The number of carbonyl (C=O) groups excluding carboxylic acids is 1. The van der Waals surface area contributed by atoms with E-state index in [0.29, 0.717) is 11.3 Å². The zero-order valence-electron chi connectivity index (χ0n) is 12.2. The molecule has 0 saturated carbocycles. The Morgan fingerprint density at radius 1 is 1.25 bits per heavy atom. The first kappa shape index (κ1) is 16.7. The van der Waals surface area contributed by atoms with Crippen molar-refractivity contribution < 1.29 is 24.7 Å². The van der Waals surface area contributed by atoms with Gasteiger partial charge in [0, 0.05) is 23.8 Å². The predicted octanol–water partition coefficient (Wildman–Crippen LogP) is 1.54. The van der Waals surface area contributed by atoms with Crippen molar-refractivity contribution in [2.75, 3.05) is 6.61 Å². The molecule has 1 amide bonds. The second kappa shape index (κ2) is 7.58. The molecule has 0 aromatic heterocycles. The maximum atomic E-state index is 11.6. The number of nitro benzene ring substituents is 1. The van der Waals surface area contributed by atoms with Crippen LogP contribution in [0.5, 0.6) is 17.2 Å². The van der Waals surface area contributed by atoms with Crippen LogP contribution in [0.4, 0.5) is 5.69 Å². The van der Waals surface area contributed by atoms with Crippen LogP contribution in [0.1, 0.15) is 5.56 Å². The molecule has 9 heteroatoms. The van der Waals surface area contributed by atoms with E-state index < -0.39 is 10.8 Å². The minimum absolute atomic E-state index is 0.0786. The molecule has 9 nitrogen and oxygen atoms in total. The average molecular weight is 331 g/mol. The Hall–Kier alpha value is -3.62. The van der Waals surface area contributed by atoms with Gasteiger partial charge in [0.15, 0.2) is 6.61 Å². The lowest BCUT2D eigenvalue weighted by Crippen LogP contribution is -2.24. The number of hydrazone groups is 1. The second-order valence-electron chi connectivity index (χ2n) is 4.58. The number of hydrogen-bond donors (Lipinski definition) is 3. The molecule has 0 heterocycles. The fourth-order valence-corrected chi connectivity index (χ4v) is 1.66. The maximum Gasteiger partial charge on any atom is 0.277 e. The molecule has 0 unspecified atom stereocenters. The number of carbonyl (C=O) groups is 1. The van der Waals surface area contributed by atoms with Crippen LogP contribution in [0.25, 0.3) is 0 Å². The maximum absolute atomic E-state index is 11.6. The first-order valence-corrected chi connectivity index (χ1v) is 6.67. The summed E-state index contributed by atoms with van der Waals surface area (Å²) in [6, 6.07) is 9.21. The molecule has 2 aromatic carbocycles. The van der Waals surface area contributed by atoms with Crippen LogP contribution in [0.2, 0.25) is 0 Å². The molecule has 2 aromatic rings. The van der Waals surface area contributed by atoms with E-state index in [0.717, 1.165) is 6.07 Å². The van der Waals surface area contributed by atoms with Gasteiger partial charge in [-0.25, -0.2) is 5.43 Å². The van der Waals surface area contributed by atoms with E-state index in [1.165, 1.54) is 42.6 Å². The van der Waals surface area contributed by atoms with E-state index >= 15 is 0 Å². The van der Waals surface area contributed by atoms with Crippen LogP contribution >= 0.6 is 0 Å². The number of phenols is 2. The first-order valence-electron chi connectivity index (χ1n) is 6.67. The van der Waals surface area contributed by atoms with E-state index in [2.05, 4.69) is 10.5 Å². The number of rotatable bonds is 6. The van der Waals surface area contributed by atoms with Crippen molar-refractivity contribution in [3.05, 3.63) is 58.1 Å². The summed E-state index contributed by atoms with van der Waals surface area (Å²) in [5.41, 5.74) is 2.43. The highest BCUT2D eigenvalue weighted by atomic mass is 16.6. The molecule has 0 saturated heterocycles. The Balaban J connectivity index is 1.82. The Morgan fingerprint density at radius 3 is 2.58 bits per heavy atom. The Kier molecular flexibility index (Phi) is 5.29. The van der Waals surface area contributed by atoms with Crippen LogP contribution in [0.3, 0.4) is 0 Å². The van der Waals surface area contributed by atoms with Crippen molar-refractivity contribution in [3.8, 4) is 17.2 Å². The summed E-state index contributed by atoms with van der Waals surface area (Å²) >= 11 is 0. The Labute approximate surface area is 136 Å². The largest absolute Gasteiger partial charge is 0.508 e. The normalized spacial score (nSPS) is 10.5. The molecule has 0 bridgehead atoms. The summed E-state index contributed by atoms with van der Waals surface area (Å²) in [6.45, 7) is -0.337. The highest BCUT2D eigenvalue weighted by molar-refractivity contribution is 5.85. The molecule has 0 radical (unpaired) electrons. The third-order valence-corrected chi connectivity index (χ3v) is 2.82. The van der Waals surface area contributed by atoms with Crippen LogP contribution in [-0.2, 0) is 4.79 Å². The number of aromatic hydroxyl groups is 2. The van der Waals surface area contributed by atoms with Gasteiger partial charge in [0.25, 0.3) is 11.6 Å². The number of non-ortho nitro benzene ring substituents is 1. The number of nitrogens with one attached hydrogen (secondary N) is 1. The predicted molar refractivity (Wildman–Crippen MR) is 84.1 cm³/mol. The van der Waals surface area contributed by atoms with Gasteiger partial charge in [-0.05, 0) is 24.3 Å². The number of phenolic OH excluding ortho intramolecular Hbond substituents is 2. The van der Waals surface area contributed by atoms with Crippen molar-refractivity contribution in [3.63, 3.8) is 0 Å². The molecule has 0 aliphatic rings. The number of nitrogens with zero attached hydrogens (tertiary/aromatic N) is 2. The summed E-state index contributed by atoms with van der Waals surface area (Å²) in [5, 5.41) is 32.8. The standard InChI is InChI=1S/C15H13N3O6/c19-12-4-1-10(14(20)7-12)8-16-17-15(21)9-24-13-5-2-11(3-6-13)18(22)23/h1-8,19-20H,9H2,(H,17,21)/b16-8-. The van der Waals surface area contributed by atoms with Gasteiger partial charge >= 0.3 is 0 Å². The lowest BCUT2D eigenvalue weighted by Gasteiger charge is -2.04. The minimum Gasteiger partial charge on any atom is -0.508 e. The topological polar surface area (TPSA) is 134 Å². The molecular formula is C15H13N3O6. The SMILES string of the molecule is O=C(COc1ccc([N+](=O)[O-])cc1)N/N=C\c1ccc(O)cc1O. The summed E-state index contributed by atoms with van der Waals surface area (Å²) < 4.78 is 5.15. The van der Waals surface area contributed by atoms with Crippen LogP contribution < -0.4 is 10.2 Å². The minimum atomic E-state index is -0.553. The molecule has 2 rings (SSSR count). The van der Waals surface area contributed by atoms with Crippen LogP contribution in [0, 0.1) is 10.1 Å². The molecule has 0 aliphatic heterocycles. The van der Waals surface area contributed by atoms with Crippen molar-refractivity contribution in [1.29, 1.82) is 0 Å². The number of nitro groups is 1. The first-order chi connectivity index (χ1) is 11.5. The van der Waals surface area contributed by atoms with Gasteiger partial charge in [0.2, 0.25) is 0 Å². The van der Waals surface area contributed by atoms with Gasteiger partial charge in [0.1, 0.15) is 17.2 Å². The molecule has 24 heavy (non-hydrogen) atoms. The smallest absolute Gasteiger partial charge is 0.277 e. The lowest BCUT2D eigenvalue weighted by molar-refractivity contribution is -0.384. The quantitative estimate of drug-likeness (QED) is 0.417. The highest BCUT2D eigenvalue weighted by Crippen LogP contribution is 2.20. The molecule has 0 atom stereocenters. The fourth-order valence-electron chi connectivity index (χ4n) is 1.66.